The lowest BCUT2D eigenvalue weighted by Gasteiger charge is -2.15. The van der Waals surface area contributed by atoms with Crippen molar-refractivity contribution in [3.05, 3.63) is 83.2 Å². The van der Waals surface area contributed by atoms with Crippen LogP contribution in [0.3, 0.4) is 0 Å². The van der Waals surface area contributed by atoms with Crippen LogP contribution in [0.25, 0.3) is 0 Å². The van der Waals surface area contributed by atoms with Crippen molar-refractivity contribution < 1.29 is 14.7 Å². The zero-order valence-electron chi connectivity index (χ0n) is 15.5. The minimum atomic E-state index is -1.13. The third kappa shape index (κ3) is 4.70. The van der Waals surface area contributed by atoms with Gasteiger partial charge in [0.05, 0.1) is 0 Å². The lowest BCUT2D eigenvalue weighted by atomic mass is 10.1. The molecule has 0 radical (unpaired) electrons. The normalized spacial score (nSPS) is 11.5. The number of nitrogens with zero attached hydrogens (tertiary/aromatic N) is 2. The number of carbonyl (C=O) groups excluding carboxylic acids is 1. The molecule has 1 aromatic heterocycles. The minimum Gasteiger partial charge on any atom is -0.479 e. The number of carboxylic acids is 1. The van der Waals surface area contributed by atoms with Gasteiger partial charge in [-0.3, -0.25) is 4.79 Å². The van der Waals surface area contributed by atoms with Gasteiger partial charge in [0.25, 0.3) is 5.91 Å². The first-order chi connectivity index (χ1) is 13.4. The van der Waals surface area contributed by atoms with Crippen LogP contribution in [0, 0.1) is 13.8 Å². The zero-order valence-corrected chi connectivity index (χ0v) is 15.5. The fourth-order valence-electron chi connectivity index (χ4n) is 2.80. The van der Waals surface area contributed by atoms with Crippen LogP contribution in [0.1, 0.15) is 33.4 Å². The Balaban J connectivity index is 1.79. The molecule has 1 atom stereocenters. The van der Waals surface area contributed by atoms with Crippen LogP contribution in [-0.2, 0) is 4.79 Å². The molecule has 142 valence electrons. The molecule has 0 spiro atoms. The van der Waals surface area contributed by atoms with E-state index in [1.807, 2.05) is 19.9 Å². The number of carbonyl (C=O) groups is 2. The second kappa shape index (κ2) is 8.30. The lowest BCUT2D eigenvalue weighted by molar-refractivity contribution is -0.139. The van der Waals surface area contributed by atoms with E-state index in [0.29, 0.717) is 22.8 Å². The molecule has 0 aliphatic carbocycles. The van der Waals surface area contributed by atoms with E-state index in [0.717, 1.165) is 11.4 Å². The highest BCUT2D eigenvalue weighted by Crippen LogP contribution is 2.18. The van der Waals surface area contributed by atoms with Gasteiger partial charge in [-0.25, -0.2) is 14.8 Å². The predicted octanol–water partition coefficient (Wildman–Crippen LogP) is 3.39. The molecule has 3 rings (SSSR count). The molecule has 0 saturated carbocycles. The van der Waals surface area contributed by atoms with Crippen LogP contribution in [0.4, 0.5) is 11.6 Å². The number of aliphatic carboxylic acids is 1. The molecule has 1 heterocycles. The van der Waals surface area contributed by atoms with Crippen molar-refractivity contribution in [2.24, 2.45) is 0 Å². The summed E-state index contributed by atoms with van der Waals surface area (Å²) in [6.45, 7) is 3.75. The molecule has 0 bridgehead atoms. The molecule has 1 amide bonds. The maximum Gasteiger partial charge on any atom is 0.330 e. The third-order valence-electron chi connectivity index (χ3n) is 4.02. The summed E-state index contributed by atoms with van der Waals surface area (Å²) in [5.74, 6) is -1.18. The van der Waals surface area contributed by atoms with Gasteiger partial charge in [0, 0.05) is 22.6 Å². The number of aromatic nitrogens is 2. The van der Waals surface area contributed by atoms with Crippen LogP contribution in [-0.4, -0.2) is 27.0 Å². The van der Waals surface area contributed by atoms with E-state index in [4.69, 9.17) is 0 Å². The Labute approximate surface area is 162 Å². The third-order valence-corrected chi connectivity index (χ3v) is 4.02. The van der Waals surface area contributed by atoms with Gasteiger partial charge in [0.2, 0.25) is 5.95 Å². The van der Waals surface area contributed by atoms with Crippen molar-refractivity contribution in [1.82, 2.24) is 15.3 Å². The van der Waals surface area contributed by atoms with Gasteiger partial charge >= 0.3 is 5.97 Å². The number of hydrogen-bond acceptors (Lipinski definition) is 5. The number of amides is 1. The Bertz CT molecular complexity index is 985. The molecule has 3 aromatic rings. The number of anilines is 2. The summed E-state index contributed by atoms with van der Waals surface area (Å²) >= 11 is 0. The molecule has 7 nitrogen and oxygen atoms in total. The summed E-state index contributed by atoms with van der Waals surface area (Å²) in [5, 5.41) is 15.1. The smallest absolute Gasteiger partial charge is 0.330 e. The van der Waals surface area contributed by atoms with Crippen molar-refractivity contribution in [3.63, 3.8) is 0 Å². The van der Waals surface area contributed by atoms with E-state index in [1.54, 1.807) is 54.6 Å². The summed E-state index contributed by atoms with van der Waals surface area (Å²) < 4.78 is 0. The van der Waals surface area contributed by atoms with Crippen LogP contribution in [0.5, 0.6) is 0 Å². The first kappa shape index (κ1) is 19.0. The number of hydrogen-bond donors (Lipinski definition) is 3. The maximum absolute atomic E-state index is 12.6. The average Bonchev–Trinajstić information content (AvgIpc) is 2.65. The summed E-state index contributed by atoms with van der Waals surface area (Å²) in [7, 11) is 0. The number of benzene rings is 2. The second-order valence-corrected chi connectivity index (χ2v) is 6.34. The average molecular weight is 376 g/mol. The number of nitrogens with one attached hydrogen (secondary N) is 2. The van der Waals surface area contributed by atoms with Crippen LogP contribution in [0.2, 0.25) is 0 Å². The predicted molar refractivity (Wildman–Crippen MR) is 106 cm³/mol. The summed E-state index contributed by atoms with van der Waals surface area (Å²) in [6, 6.07) is 16.0. The highest BCUT2D eigenvalue weighted by molar-refractivity contribution is 5.97. The molecule has 0 aliphatic heterocycles. The molecule has 0 saturated heterocycles. The van der Waals surface area contributed by atoms with Gasteiger partial charge in [0.15, 0.2) is 6.04 Å². The Kier molecular flexibility index (Phi) is 5.64. The van der Waals surface area contributed by atoms with Crippen LogP contribution in [0.15, 0.2) is 60.7 Å². The molecule has 0 unspecified atom stereocenters. The van der Waals surface area contributed by atoms with E-state index < -0.39 is 17.9 Å². The molecule has 2 aromatic carbocycles. The highest BCUT2D eigenvalue weighted by atomic mass is 16.4. The summed E-state index contributed by atoms with van der Waals surface area (Å²) in [5.41, 5.74) is 3.12. The van der Waals surface area contributed by atoms with Crippen molar-refractivity contribution in [3.8, 4) is 0 Å². The van der Waals surface area contributed by atoms with Gasteiger partial charge in [-0.2, -0.15) is 0 Å². The molecule has 3 N–H and O–H groups in total. The molecular formula is C21H20N4O3. The Hall–Kier alpha value is -3.74. The number of rotatable bonds is 6. The van der Waals surface area contributed by atoms with Crippen molar-refractivity contribution in [1.29, 1.82) is 0 Å². The highest BCUT2D eigenvalue weighted by Gasteiger charge is 2.22. The zero-order chi connectivity index (χ0) is 20.1. The SMILES string of the molecule is Cc1cc(C)nc(Nc2cccc(C(=O)N[C@H](C(=O)O)c3ccccc3)c2)n1. The lowest BCUT2D eigenvalue weighted by Crippen LogP contribution is -2.33. The topological polar surface area (TPSA) is 104 Å². The number of aryl methyl sites for hydroxylation is 2. The molecule has 0 fully saturated rings. The minimum absolute atomic E-state index is 0.330. The van der Waals surface area contributed by atoms with E-state index in [2.05, 4.69) is 20.6 Å². The monoisotopic (exact) mass is 376 g/mol. The molecule has 0 aliphatic rings. The van der Waals surface area contributed by atoms with Crippen molar-refractivity contribution in [2.75, 3.05) is 5.32 Å². The summed E-state index contributed by atoms with van der Waals surface area (Å²) in [6.07, 6.45) is 0. The van der Waals surface area contributed by atoms with Crippen molar-refractivity contribution in [2.45, 2.75) is 19.9 Å². The first-order valence-electron chi connectivity index (χ1n) is 8.70. The fraction of sp³-hybridized carbons (Fsp3) is 0.143. The number of carboxylic acid groups (broad SMARTS) is 1. The van der Waals surface area contributed by atoms with Crippen LogP contribution >= 0.6 is 0 Å². The van der Waals surface area contributed by atoms with Gasteiger partial charge < -0.3 is 15.7 Å². The van der Waals surface area contributed by atoms with Gasteiger partial charge in [0.1, 0.15) is 0 Å². The Morgan fingerprint density at radius 3 is 2.25 bits per heavy atom. The molecule has 7 heteroatoms. The van der Waals surface area contributed by atoms with E-state index in [1.165, 1.54) is 0 Å². The van der Waals surface area contributed by atoms with E-state index in [9.17, 15) is 14.7 Å². The van der Waals surface area contributed by atoms with E-state index in [-0.39, 0.29) is 0 Å². The second-order valence-electron chi connectivity index (χ2n) is 6.34. The first-order valence-corrected chi connectivity index (χ1v) is 8.70. The van der Waals surface area contributed by atoms with E-state index >= 15 is 0 Å². The van der Waals surface area contributed by atoms with Gasteiger partial charge in [-0.15, -0.1) is 0 Å². The van der Waals surface area contributed by atoms with Gasteiger partial charge in [-0.1, -0.05) is 36.4 Å². The van der Waals surface area contributed by atoms with Gasteiger partial charge in [-0.05, 0) is 43.7 Å². The maximum atomic E-state index is 12.6. The Morgan fingerprint density at radius 2 is 1.61 bits per heavy atom. The van der Waals surface area contributed by atoms with Crippen molar-refractivity contribution >= 4 is 23.5 Å². The van der Waals surface area contributed by atoms with Crippen LogP contribution < -0.4 is 10.6 Å². The molecule has 28 heavy (non-hydrogen) atoms. The largest absolute Gasteiger partial charge is 0.479 e. The quantitative estimate of drug-likeness (QED) is 0.609. The summed E-state index contributed by atoms with van der Waals surface area (Å²) in [4.78, 5) is 32.8. The fourth-order valence-corrected chi connectivity index (χ4v) is 2.80. The standard InChI is InChI=1S/C21H20N4O3/c1-13-11-14(2)23-21(22-13)24-17-10-6-9-16(12-17)19(26)25-18(20(27)28)15-7-4-3-5-8-15/h3-12,18H,1-2H3,(H,25,26)(H,27,28)(H,22,23,24)/t18-/m0/s1. The Morgan fingerprint density at radius 1 is 0.929 bits per heavy atom. The molecular weight excluding hydrogens is 356 g/mol.